The maximum atomic E-state index is 13.4. The van der Waals surface area contributed by atoms with Crippen LogP contribution in [0.5, 0.6) is 0 Å². The van der Waals surface area contributed by atoms with Crippen LogP contribution in [-0.4, -0.2) is 23.1 Å². The maximum absolute atomic E-state index is 13.4. The monoisotopic (exact) mass is 464 g/mol. The smallest absolute Gasteiger partial charge is 0.342 e. The zero-order chi connectivity index (χ0) is 23.5. The molecular formula is C25H21FN2O4S. The van der Waals surface area contributed by atoms with Crippen LogP contribution < -0.4 is 5.32 Å². The number of nitrogens with one attached hydrogen (secondary N) is 1. The van der Waals surface area contributed by atoms with Crippen LogP contribution in [0.2, 0.25) is 0 Å². The summed E-state index contributed by atoms with van der Waals surface area (Å²) >= 11 is 1.19. The number of nitrogens with zero attached hydrogens (tertiary/aromatic N) is 1. The van der Waals surface area contributed by atoms with Crippen molar-refractivity contribution < 1.29 is 23.2 Å². The predicted molar refractivity (Wildman–Crippen MR) is 125 cm³/mol. The van der Waals surface area contributed by atoms with Crippen molar-refractivity contribution in [3.05, 3.63) is 82.7 Å². The molecule has 2 aromatic carbocycles. The number of hydrogen-bond donors (Lipinski definition) is 1. The Morgan fingerprint density at radius 3 is 2.39 bits per heavy atom. The van der Waals surface area contributed by atoms with Crippen molar-refractivity contribution in [2.24, 2.45) is 0 Å². The van der Waals surface area contributed by atoms with Crippen molar-refractivity contribution in [2.75, 3.05) is 5.32 Å². The number of benzene rings is 2. The number of thiophene rings is 1. The molecule has 0 bridgehead atoms. The van der Waals surface area contributed by atoms with Gasteiger partial charge in [0.1, 0.15) is 33.4 Å². The van der Waals surface area contributed by atoms with Gasteiger partial charge in [0.2, 0.25) is 0 Å². The summed E-state index contributed by atoms with van der Waals surface area (Å²) in [7, 11) is 0. The Hall–Kier alpha value is -3.78. The molecule has 0 aliphatic heterocycles. The van der Waals surface area contributed by atoms with Crippen LogP contribution in [0.3, 0.4) is 0 Å². The number of rotatable bonds is 6. The SMILES string of the molecule is Cc1onc(-c2ccccc2)c1C(=O)Nc1scc(-c2ccc(F)cc2)c1C(=O)OC(C)C. The van der Waals surface area contributed by atoms with Crippen LogP contribution in [0.25, 0.3) is 22.4 Å². The van der Waals surface area contributed by atoms with E-state index in [0.29, 0.717) is 27.6 Å². The molecule has 6 nitrogen and oxygen atoms in total. The molecule has 168 valence electrons. The summed E-state index contributed by atoms with van der Waals surface area (Å²) in [6.45, 7) is 5.14. The molecule has 0 saturated carbocycles. The van der Waals surface area contributed by atoms with Gasteiger partial charge in [0.25, 0.3) is 5.91 Å². The molecule has 0 unspecified atom stereocenters. The van der Waals surface area contributed by atoms with Crippen LogP contribution in [0.4, 0.5) is 9.39 Å². The normalized spacial score (nSPS) is 10.9. The van der Waals surface area contributed by atoms with Crippen LogP contribution >= 0.6 is 11.3 Å². The van der Waals surface area contributed by atoms with Crippen molar-refractivity contribution in [1.82, 2.24) is 5.16 Å². The molecule has 0 aliphatic carbocycles. The summed E-state index contributed by atoms with van der Waals surface area (Å²) in [5, 5.41) is 8.93. The third kappa shape index (κ3) is 4.70. The lowest BCUT2D eigenvalue weighted by molar-refractivity contribution is 0.0380. The van der Waals surface area contributed by atoms with Gasteiger partial charge in [-0.25, -0.2) is 9.18 Å². The average Bonchev–Trinajstić information content (AvgIpc) is 3.38. The summed E-state index contributed by atoms with van der Waals surface area (Å²) in [6, 6.07) is 15.0. The predicted octanol–water partition coefficient (Wildman–Crippen LogP) is 6.34. The van der Waals surface area contributed by atoms with E-state index >= 15 is 0 Å². The average molecular weight is 465 g/mol. The Kier molecular flexibility index (Phi) is 6.37. The molecule has 0 saturated heterocycles. The highest BCUT2D eigenvalue weighted by atomic mass is 32.1. The Morgan fingerprint density at radius 2 is 1.73 bits per heavy atom. The number of amides is 1. The number of aryl methyl sites for hydroxylation is 1. The number of ether oxygens (including phenoxy) is 1. The first-order chi connectivity index (χ1) is 15.8. The second-order valence-corrected chi connectivity index (χ2v) is 8.48. The third-order valence-corrected chi connectivity index (χ3v) is 5.75. The van der Waals surface area contributed by atoms with E-state index in [1.54, 1.807) is 38.3 Å². The van der Waals surface area contributed by atoms with Gasteiger partial charge < -0.3 is 14.6 Å². The van der Waals surface area contributed by atoms with Crippen LogP contribution in [0, 0.1) is 12.7 Å². The van der Waals surface area contributed by atoms with E-state index in [1.807, 2.05) is 30.3 Å². The number of hydrogen-bond acceptors (Lipinski definition) is 6. The molecule has 2 heterocycles. The maximum Gasteiger partial charge on any atom is 0.342 e. The van der Waals surface area contributed by atoms with Gasteiger partial charge in [0, 0.05) is 16.5 Å². The van der Waals surface area contributed by atoms with Gasteiger partial charge >= 0.3 is 5.97 Å². The van der Waals surface area contributed by atoms with E-state index in [1.165, 1.54) is 23.5 Å². The van der Waals surface area contributed by atoms with Gasteiger partial charge in [-0.05, 0) is 38.5 Å². The summed E-state index contributed by atoms with van der Waals surface area (Å²) in [4.78, 5) is 26.2. The van der Waals surface area contributed by atoms with E-state index in [4.69, 9.17) is 9.26 Å². The van der Waals surface area contributed by atoms with Gasteiger partial charge in [-0.3, -0.25) is 4.79 Å². The molecule has 0 fully saturated rings. The van der Waals surface area contributed by atoms with E-state index in [0.717, 1.165) is 5.56 Å². The third-order valence-electron chi connectivity index (χ3n) is 4.86. The van der Waals surface area contributed by atoms with Gasteiger partial charge in [0.05, 0.1) is 6.10 Å². The molecule has 8 heteroatoms. The first-order valence-corrected chi connectivity index (χ1v) is 11.1. The quantitative estimate of drug-likeness (QED) is 0.337. The minimum Gasteiger partial charge on any atom is -0.459 e. The number of halogens is 1. The van der Waals surface area contributed by atoms with Crippen molar-refractivity contribution in [2.45, 2.75) is 26.9 Å². The Labute approximate surface area is 194 Å². The lowest BCUT2D eigenvalue weighted by Crippen LogP contribution is -2.17. The van der Waals surface area contributed by atoms with Crippen molar-refractivity contribution in [3.63, 3.8) is 0 Å². The molecule has 4 aromatic rings. The number of carbonyl (C=O) groups is 2. The zero-order valence-electron chi connectivity index (χ0n) is 18.2. The first kappa shape index (κ1) is 22.4. The second kappa shape index (κ2) is 9.38. The van der Waals surface area contributed by atoms with E-state index in [9.17, 15) is 14.0 Å². The minimum absolute atomic E-state index is 0.212. The Morgan fingerprint density at radius 1 is 1.03 bits per heavy atom. The van der Waals surface area contributed by atoms with E-state index in [2.05, 4.69) is 10.5 Å². The topological polar surface area (TPSA) is 81.4 Å². The van der Waals surface area contributed by atoms with Crippen molar-refractivity contribution in [1.29, 1.82) is 0 Å². The standard InChI is InChI=1S/C25H21FN2O4S/c1-14(2)31-25(30)21-19(16-9-11-18(26)12-10-16)13-33-24(21)27-23(29)20-15(3)32-28-22(20)17-7-5-4-6-8-17/h4-14H,1-3H3,(H,27,29). The highest BCUT2D eigenvalue weighted by Gasteiger charge is 2.27. The molecular weight excluding hydrogens is 443 g/mol. The van der Waals surface area contributed by atoms with E-state index < -0.39 is 11.9 Å². The van der Waals surface area contributed by atoms with Gasteiger partial charge in [0.15, 0.2) is 0 Å². The number of esters is 1. The fourth-order valence-electron chi connectivity index (χ4n) is 3.37. The van der Waals surface area contributed by atoms with Crippen LogP contribution in [0.15, 0.2) is 64.5 Å². The van der Waals surface area contributed by atoms with Crippen LogP contribution in [0.1, 0.15) is 40.3 Å². The highest BCUT2D eigenvalue weighted by molar-refractivity contribution is 7.15. The number of carbonyl (C=O) groups excluding carboxylic acids is 2. The lowest BCUT2D eigenvalue weighted by atomic mass is 10.0. The van der Waals surface area contributed by atoms with Gasteiger partial charge in [-0.2, -0.15) is 0 Å². The summed E-state index contributed by atoms with van der Waals surface area (Å²) in [5.41, 5.74) is 2.82. The number of anilines is 1. The van der Waals surface area contributed by atoms with Crippen molar-refractivity contribution >= 4 is 28.2 Å². The zero-order valence-corrected chi connectivity index (χ0v) is 19.0. The molecule has 0 atom stereocenters. The largest absolute Gasteiger partial charge is 0.459 e. The second-order valence-electron chi connectivity index (χ2n) is 7.60. The van der Waals surface area contributed by atoms with Crippen LogP contribution in [-0.2, 0) is 4.74 Å². The van der Waals surface area contributed by atoms with E-state index in [-0.39, 0.29) is 23.0 Å². The Balaban J connectivity index is 1.73. The summed E-state index contributed by atoms with van der Waals surface area (Å²) < 4.78 is 24.1. The molecule has 0 aliphatic rings. The molecule has 33 heavy (non-hydrogen) atoms. The number of aromatic nitrogens is 1. The minimum atomic E-state index is -0.578. The molecule has 4 rings (SSSR count). The lowest BCUT2D eigenvalue weighted by Gasteiger charge is -2.12. The molecule has 2 aromatic heterocycles. The molecule has 0 radical (unpaired) electrons. The fourth-order valence-corrected chi connectivity index (χ4v) is 4.32. The summed E-state index contributed by atoms with van der Waals surface area (Å²) in [5.74, 6) is -1.07. The molecule has 1 amide bonds. The Bertz CT molecular complexity index is 1290. The molecule has 0 spiro atoms. The molecule has 1 N–H and O–H groups in total. The van der Waals surface area contributed by atoms with Crippen molar-refractivity contribution in [3.8, 4) is 22.4 Å². The first-order valence-electron chi connectivity index (χ1n) is 10.3. The van der Waals surface area contributed by atoms with Gasteiger partial charge in [-0.15, -0.1) is 11.3 Å². The summed E-state index contributed by atoms with van der Waals surface area (Å²) in [6.07, 6.45) is -0.355. The highest BCUT2D eigenvalue weighted by Crippen LogP contribution is 2.37. The fraction of sp³-hybridized carbons (Fsp3) is 0.160. The van der Waals surface area contributed by atoms with Gasteiger partial charge in [-0.1, -0.05) is 47.6 Å².